The molecule has 7 heteroatoms. The standard InChI is InChI=1S/C7H5Br2F3N2/c8-5-3-4(7(10,11)12)1-2-6(5)13-14-9/h1-3,13-14H. The van der Waals surface area contributed by atoms with Gasteiger partial charge in [0.05, 0.1) is 11.3 Å². The molecule has 0 atom stereocenters. The number of anilines is 1. The molecule has 1 aromatic carbocycles. The smallest absolute Gasteiger partial charge is 0.310 e. The second kappa shape index (κ2) is 4.50. The number of alkyl halides is 3. The first kappa shape index (κ1) is 11.8. The number of hydrogen-bond donors (Lipinski definition) is 2. The van der Waals surface area contributed by atoms with Gasteiger partial charge in [-0.2, -0.15) is 17.6 Å². The zero-order valence-corrected chi connectivity index (χ0v) is 9.79. The lowest BCUT2D eigenvalue weighted by molar-refractivity contribution is -0.137. The van der Waals surface area contributed by atoms with E-state index in [2.05, 4.69) is 42.0 Å². The van der Waals surface area contributed by atoms with E-state index in [1.165, 1.54) is 6.07 Å². The Labute approximate surface area is 95.3 Å². The SMILES string of the molecule is FC(F)(F)c1ccc(NNBr)c(Br)c1. The van der Waals surface area contributed by atoms with Crippen LogP contribution in [0.25, 0.3) is 0 Å². The zero-order chi connectivity index (χ0) is 10.8. The molecule has 0 aliphatic heterocycles. The average Bonchev–Trinajstić information content (AvgIpc) is 2.07. The summed E-state index contributed by atoms with van der Waals surface area (Å²) in [5.74, 6) is 0. The summed E-state index contributed by atoms with van der Waals surface area (Å²) < 4.78 is 39.4. The van der Waals surface area contributed by atoms with E-state index in [0.717, 1.165) is 12.1 Å². The Balaban J connectivity index is 3.01. The van der Waals surface area contributed by atoms with Crippen LogP contribution in [0.15, 0.2) is 22.7 Å². The van der Waals surface area contributed by atoms with Crippen LogP contribution in [-0.2, 0) is 6.18 Å². The van der Waals surface area contributed by atoms with Gasteiger partial charge in [0.2, 0.25) is 0 Å². The van der Waals surface area contributed by atoms with E-state index < -0.39 is 11.7 Å². The van der Waals surface area contributed by atoms with Gasteiger partial charge in [0, 0.05) is 20.6 Å². The Kier molecular flexibility index (Phi) is 3.79. The van der Waals surface area contributed by atoms with E-state index in [1.54, 1.807) is 0 Å². The molecule has 1 aromatic rings. The summed E-state index contributed by atoms with van der Waals surface area (Å²) in [4.78, 5) is 0. The minimum Gasteiger partial charge on any atom is -0.310 e. The topological polar surface area (TPSA) is 24.1 Å². The van der Waals surface area contributed by atoms with Crippen LogP contribution >= 0.6 is 32.1 Å². The third kappa shape index (κ3) is 2.86. The van der Waals surface area contributed by atoms with Gasteiger partial charge >= 0.3 is 6.18 Å². The Bertz CT molecular complexity index is 327. The van der Waals surface area contributed by atoms with Crippen molar-refractivity contribution in [2.75, 3.05) is 5.43 Å². The van der Waals surface area contributed by atoms with E-state index in [9.17, 15) is 13.2 Å². The van der Waals surface area contributed by atoms with Crippen molar-refractivity contribution >= 4 is 37.8 Å². The van der Waals surface area contributed by atoms with Gasteiger partial charge in [0.1, 0.15) is 0 Å². The maximum atomic E-state index is 12.2. The molecule has 0 radical (unpaired) electrons. The van der Waals surface area contributed by atoms with E-state index >= 15 is 0 Å². The van der Waals surface area contributed by atoms with Crippen molar-refractivity contribution in [3.05, 3.63) is 28.2 Å². The summed E-state index contributed by atoms with van der Waals surface area (Å²) in [6, 6.07) is 3.32. The monoisotopic (exact) mass is 332 g/mol. The summed E-state index contributed by atoms with van der Waals surface area (Å²) in [6.07, 6.45) is -4.32. The molecule has 0 saturated carbocycles. The lowest BCUT2D eigenvalue weighted by Crippen LogP contribution is -2.10. The molecule has 1 rings (SSSR count). The Morgan fingerprint density at radius 3 is 2.29 bits per heavy atom. The van der Waals surface area contributed by atoms with Gasteiger partial charge in [0.15, 0.2) is 0 Å². The van der Waals surface area contributed by atoms with E-state index in [1.807, 2.05) is 0 Å². The second-order valence-electron chi connectivity index (χ2n) is 2.41. The molecule has 0 aliphatic rings. The number of rotatable bonds is 2. The molecule has 2 N–H and O–H groups in total. The van der Waals surface area contributed by atoms with Gasteiger partial charge in [-0.1, -0.05) is 0 Å². The van der Waals surface area contributed by atoms with Crippen molar-refractivity contribution in [1.82, 2.24) is 4.45 Å². The van der Waals surface area contributed by atoms with Crippen molar-refractivity contribution in [2.45, 2.75) is 6.18 Å². The molecule has 0 unspecified atom stereocenters. The normalized spacial score (nSPS) is 11.5. The maximum absolute atomic E-state index is 12.2. The lowest BCUT2D eigenvalue weighted by Gasteiger charge is -2.10. The predicted molar refractivity (Wildman–Crippen MR) is 54.8 cm³/mol. The molecular weight excluding hydrogens is 329 g/mol. The number of hydrazine groups is 1. The highest BCUT2D eigenvalue weighted by Crippen LogP contribution is 2.33. The molecule has 0 fully saturated rings. The Morgan fingerprint density at radius 2 is 1.86 bits per heavy atom. The molecule has 0 saturated heterocycles. The van der Waals surface area contributed by atoms with Gasteiger partial charge in [0.25, 0.3) is 0 Å². The first-order valence-electron chi connectivity index (χ1n) is 3.43. The van der Waals surface area contributed by atoms with Crippen LogP contribution < -0.4 is 9.88 Å². The van der Waals surface area contributed by atoms with E-state index in [-0.39, 0.29) is 0 Å². The number of nitrogens with one attached hydrogen (secondary N) is 2. The number of benzene rings is 1. The fourth-order valence-electron chi connectivity index (χ4n) is 0.844. The molecule has 78 valence electrons. The largest absolute Gasteiger partial charge is 0.416 e. The van der Waals surface area contributed by atoms with E-state index in [0.29, 0.717) is 10.2 Å². The molecule has 14 heavy (non-hydrogen) atoms. The van der Waals surface area contributed by atoms with Gasteiger partial charge < -0.3 is 5.43 Å². The molecule has 0 amide bonds. The molecule has 2 nitrogen and oxygen atoms in total. The van der Waals surface area contributed by atoms with Crippen LogP contribution in [0.1, 0.15) is 5.56 Å². The zero-order valence-electron chi connectivity index (χ0n) is 6.62. The van der Waals surface area contributed by atoms with Gasteiger partial charge in [-0.3, -0.25) is 0 Å². The molecule has 0 aliphatic carbocycles. The second-order valence-corrected chi connectivity index (χ2v) is 3.66. The summed E-state index contributed by atoms with van der Waals surface area (Å²) >= 11 is 5.89. The number of hydrogen-bond acceptors (Lipinski definition) is 2. The minimum atomic E-state index is -4.32. The quantitative estimate of drug-likeness (QED) is 0.637. The van der Waals surface area contributed by atoms with Gasteiger partial charge in [-0.25, -0.2) is 0 Å². The average molecular weight is 334 g/mol. The van der Waals surface area contributed by atoms with Crippen LogP contribution in [0, 0.1) is 0 Å². The maximum Gasteiger partial charge on any atom is 0.416 e. The highest BCUT2D eigenvalue weighted by molar-refractivity contribution is 9.10. The van der Waals surface area contributed by atoms with Gasteiger partial charge in [-0.05, 0) is 34.1 Å². The fourth-order valence-corrected chi connectivity index (χ4v) is 1.54. The fraction of sp³-hybridized carbons (Fsp3) is 0.143. The Morgan fingerprint density at radius 1 is 1.21 bits per heavy atom. The molecular formula is C7H5Br2F3N2. The molecule has 0 spiro atoms. The lowest BCUT2D eigenvalue weighted by atomic mass is 10.2. The first-order chi connectivity index (χ1) is 6.45. The highest BCUT2D eigenvalue weighted by atomic mass is 79.9. The molecule has 0 bridgehead atoms. The van der Waals surface area contributed by atoms with Crippen molar-refractivity contribution in [1.29, 1.82) is 0 Å². The van der Waals surface area contributed by atoms with Gasteiger partial charge in [-0.15, -0.1) is 0 Å². The van der Waals surface area contributed by atoms with Crippen molar-refractivity contribution in [3.8, 4) is 0 Å². The van der Waals surface area contributed by atoms with Crippen molar-refractivity contribution < 1.29 is 13.2 Å². The van der Waals surface area contributed by atoms with Crippen LogP contribution in [0.3, 0.4) is 0 Å². The highest BCUT2D eigenvalue weighted by Gasteiger charge is 2.30. The first-order valence-corrected chi connectivity index (χ1v) is 5.02. The summed E-state index contributed by atoms with van der Waals surface area (Å²) in [7, 11) is 0. The van der Waals surface area contributed by atoms with Crippen molar-refractivity contribution in [2.24, 2.45) is 0 Å². The molecule has 0 heterocycles. The number of halogens is 5. The van der Waals surface area contributed by atoms with Crippen LogP contribution in [-0.4, -0.2) is 0 Å². The predicted octanol–water partition coefficient (Wildman–Crippen LogP) is 3.69. The summed E-state index contributed by atoms with van der Waals surface area (Å²) in [6.45, 7) is 0. The third-order valence-electron chi connectivity index (χ3n) is 1.48. The Hall–Kier alpha value is -0.270. The summed E-state index contributed by atoms with van der Waals surface area (Å²) in [5, 5.41) is 0. The van der Waals surface area contributed by atoms with Crippen LogP contribution in [0.4, 0.5) is 18.9 Å². The minimum absolute atomic E-state index is 0.333. The summed E-state index contributed by atoms with van der Waals surface area (Å²) in [5.41, 5.74) is 2.43. The van der Waals surface area contributed by atoms with Crippen LogP contribution in [0.5, 0.6) is 0 Å². The van der Waals surface area contributed by atoms with E-state index in [4.69, 9.17) is 0 Å². The molecule has 0 aromatic heterocycles. The van der Waals surface area contributed by atoms with Crippen molar-refractivity contribution in [3.63, 3.8) is 0 Å². The van der Waals surface area contributed by atoms with Crippen LogP contribution in [0.2, 0.25) is 0 Å². The third-order valence-corrected chi connectivity index (χ3v) is 2.33.